The van der Waals surface area contributed by atoms with Crippen molar-refractivity contribution in [1.29, 1.82) is 0 Å². The van der Waals surface area contributed by atoms with Crippen LogP contribution in [0.1, 0.15) is 88.7 Å². The highest BCUT2D eigenvalue weighted by molar-refractivity contribution is 6.38. The van der Waals surface area contributed by atoms with Crippen molar-refractivity contribution in [1.82, 2.24) is 10.2 Å². The van der Waals surface area contributed by atoms with Gasteiger partial charge in [0.2, 0.25) is 0 Å². The number of ketones is 1. The number of carbonyl (C=O) groups excluding carboxylic acids is 5. The fraction of sp³-hybridized carbons (Fsp3) is 0.405. The lowest BCUT2D eigenvalue weighted by Gasteiger charge is -2.40. The van der Waals surface area contributed by atoms with Gasteiger partial charge in [-0.15, -0.1) is 6.58 Å². The minimum atomic E-state index is -1.56. The first-order valence-corrected chi connectivity index (χ1v) is 18.7. The smallest absolute Gasteiger partial charge is 0.411 e. The van der Waals surface area contributed by atoms with E-state index >= 15 is 0 Å². The summed E-state index contributed by atoms with van der Waals surface area (Å²) < 4.78 is 22.8. The summed E-state index contributed by atoms with van der Waals surface area (Å²) in [5.41, 5.74) is -1.95. The Morgan fingerprint density at radius 1 is 0.873 bits per heavy atom. The van der Waals surface area contributed by atoms with Gasteiger partial charge in [0.1, 0.15) is 36.0 Å². The van der Waals surface area contributed by atoms with E-state index in [1.165, 1.54) is 23.1 Å². The quantitative estimate of drug-likeness (QED) is 0.0738. The molecular formula is C42H48Cl2N2O9. The molecule has 0 unspecified atom stereocenters. The Hall–Kier alpha value is -4.87. The molecule has 0 saturated carbocycles. The number of esters is 2. The molecule has 1 saturated heterocycles. The molecule has 1 fully saturated rings. The second-order valence-corrected chi connectivity index (χ2v) is 16.1. The number of halogens is 2. The molecule has 294 valence electrons. The third-order valence-corrected chi connectivity index (χ3v) is 9.16. The Balaban J connectivity index is 1.68. The number of ether oxygens (including phenoxy) is 4. The van der Waals surface area contributed by atoms with Gasteiger partial charge in [0, 0.05) is 11.6 Å². The first kappa shape index (κ1) is 42.9. The number of likely N-dealkylation sites (tertiary alicyclic amines) is 1. The van der Waals surface area contributed by atoms with E-state index in [0.717, 1.165) is 5.56 Å². The van der Waals surface area contributed by atoms with E-state index in [4.69, 9.17) is 42.1 Å². The highest BCUT2D eigenvalue weighted by atomic mass is 35.5. The topological polar surface area (TPSA) is 138 Å². The number of carbonyl (C=O) groups is 5. The first-order valence-electron chi connectivity index (χ1n) is 17.9. The van der Waals surface area contributed by atoms with Gasteiger partial charge >= 0.3 is 18.0 Å². The molecule has 0 aliphatic carbocycles. The second-order valence-electron chi connectivity index (χ2n) is 15.3. The number of nitrogens with zero attached hydrogens (tertiary/aromatic N) is 1. The predicted octanol–water partition coefficient (Wildman–Crippen LogP) is 8.43. The Morgan fingerprint density at radius 3 is 1.95 bits per heavy atom. The van der Waals surface area contributed by atoms with Crippen LogP contribution in [0.3, 0.4) is 0 Å². The zero-order valence-corrected chi connectivity index (χ0v) is 33.5. The molecule has 3 aromatic rings. The van der Waals surface area contributed by atoms with Crippen LogP contribution in [0.2, 0.25) is 10.0 Å². The van der Waals surface area contributed by atoms with Crippen LogP contribution in [0.15, 0.2) is 85.5 Å². The molecule has 1 N–H and O–H groups in total. The lowest BCUT2D eigenvalue weighted by molar-refractivity contribution is -0.168. The Kier molecular flexibility index (Phi) is 14.2. The van der Waals surface area contributed by atoms with Crippen LogP contribution >= 0.6 is 23.2 Å². The number of Topliss-reactive ketones (excluding diaryl/α,β-unsaturated/α-hetero) is 1. The van der Waals surface area contributed by atoms with Gasteiger partial charge in [-0.3, -0.25) is 14.5 Å². The van der Waals surface area contributed by atoms with Crippen LogP contribution in [0, 0.1) is 0 Å². The Morgan fingerprint density at radius 2 is 1.42 bits per heavy atom. The standard InChI is InChI=1S/C42H48Cl2N2O9/c1-8-20-42(38(50)55-41(5,6)7)21-19-30(46(42)39(51)53-26-28-17-13-10-14-18-28)24-33(34(47)37(49)54-40(2,3)4)45-36(48)29-22-31(43)35(32(44)23-29)52-25-27-15-11-9-12-16-27/h8-18,22-23,30,33H,1,19-21,24-26H2,2-7H3,(H,45,48)/t30-,33+,42+/m1/s1. The highest BCUT2D eigenvalue weighted by Gasteiger charge is 2.56. The fourth-order valence-electron chi connectivity index (χ4n) is 6.21. The predicted molar refractivity (Wildman–Crippen MR) is 209 cm³/mol. The summed E-state index contributed by atoms with van der Waals surface area (Å²) in [6.45, 7) is 13.8. The molecule has 0 radical (unpaired) electrons. The molecule has 13 heteroatoms. The van der Waals surface area contributed by atoms with E-state index < -0.39 is 58.5 Å². The van der Waals surface area contributed by atoms with Crippen molar-refractivity contribution in [3.63, 3.8) is 0 Å². The summed E-state index contributed by atoms with van der Waals surface area (Å²) in [5, 5.41) is 2.72. The molecule has 1 aliphatic heterocycles. The van der Waals surface area contributed by atoms with Crippen LogP contribution in [0.5, 0.6) is 5.75 Å². The Labute approximate surface area is 332 Å². The molecule has 4 rings (SSSR count). The van der Waals surface area contributed by atoms with Gasteiger partial charge in [0.15, 0.2) is 5.75 Å². The molecule has 0 bridgehead atoms. The largest absolute Gasteiger partial charge is 0.486 e. The molecule has 0 spiro atoms. The van der Waals surface area contributed by atoms with Crippen LogP contribution in [-0.4, -0.2) is 63.4 Å². The van der Waals surface area contributed by atoms with E-state index in [9.17, 15) is 24.0 Å². The van der Waals surface area contributed by atoms with Crippen molar-refractivity contribution in [3.8, 4) is 5.75 Å². The highest BCUT2D eigenvalue weighted by Crippen LogP contribution is 2.42. The van der Waals surface area contributed by atoms with E-state index in [0.29, 0.717) is 5.56 Å². The van der Waals surface area contributed by atoms with Gasteiger partial charge in [-0.2, -0.15) is 0 Å². The summed E-state index contributed by atoms with van der Waals surface area (Å²) in [6.07, 6.45) is 0.689. The lowest BCUT2D eigenvalue weighted by Crippen LogP contribution is -2.58. The maximum absolute atomic E-state index is 14.1. The molecule has 2 amide bonds. The minimum Gasteiger partial charge on any atom is -0.486 e. The average Bonchev–Trinajstić information content (AvgIpc) is 3.47. The van der Waals surface area contributed by atoms with E-state index in [1.807, 2.05) is 36.4 Å². The Bertz CT molecular complexity index is 1850. The van der Waals surface area contributed by atoms with Gasteiger partial charge in [0.05, 0.1) is 10.0 Å². The molecule has 1 heterocycles. The number of nitrogens with one attached hydrogen (secondary N) is 1. The molecule has 3 aromatic carbocycles. The molecular weight excluding hydrogens is 747 g/mol. The van der Waals surface area contributed by atoms with Gasteiger partial charge < -0.3 is 24.3 Å². The van der Waals surface area contributed by atoms with Crippen LogP contribution in [0.4, 0.5) is 4.79 Å². The number of hydrogen-bond donors (Lipinski definition) is 1. The lowest BCUT2D eigenvalue weighted by atomic mass is 9.91. The van der Waals surface area contributed by atoms with Gasteiger partial charge in [0.25, 0.3) is 11.7 Å². The van der Waals surface area contributed by atoms with Crippen LogP contribution in [0.25, 0.3) is 0 Å². The number of benzene rings is 3. The molecule has 3 atom stereocenters. The van der Waals surface area contributed by atoms with E-state index in [-0.39, 0.29) is 60.3 Å². The molecule has 0 aromatic heterocycles. The summed E-state index contributed by atoms with van der Waals surface area (Å²) in [7, 11) is 0. The maximum atomic E-state index is 14.1. The fourth-order valence-corrected chi connectivity index (χ4v) is 6.81. The zero-order valence-electron chi connectivity index (χ0n) is 32.0. The summed E-state index contributed by atoms with van der Waals surface area (Å²) in [5.74, 6) is -3.59. The summed E-state index contributed by atoms with van der Waals surface area (Å²) in [6, 6.07) is 18.6. The summed E-state index contributed by atoms with van der Waals surface area (Å²) in [4.78, 5) is 70.3. The van der Waals surface area contributed by atoms with E-state index in [2.05, 4.69) is 11.9 Å². The molecule has 1 aliphatic rings. The SMILES string of the molecule is C=CC[C@@]1(C(=O)OC(C)(C)C)CC[C@H](C[C@H](NC(=O)c2cc(Cl)c(OCc3ccccc3)c(Cl)c2)C(=O)C(=O)OC(C)(C)C)N1C(=O)OCc1ccccc1. The van der Waals surface area contributed by atoms with Crippen LogP contribution in [-0.2, 0) is 41.8 Å². The normalized spacial score (nSPS) is 17.5. The van der Waals surface area contributed by atoms with Crippen molar-refractivity contribution in [2.24, 2.45) is 0 Å². The van der Waals surface area contributed by atoms with Crippen LogP contribution < -0.4 is 10.1 Å². The number of amides is 2. The van der Waals surface area contributed by atoms with Crippen molar-refractivity contribution in [2.45, 2.75) is 109 Å². The monoisotopic (exact) mass is 794 g/mol. The molecule has 55 heavy (non-hydrogen) atoms. The zero-order chi connectivity index (χ0) is 40.6. The maximum Gasteiger partial charge on any atom is 0.411 e. The minimum absolute atomic E-state index is 0.00553. The third kappa shape index (κ3) is 11.6. The number of rotatable bonds is 14. The number of hydrogen-bond acceptors (Lipinski definition) is 9. The van der Waals surface area contributed by atoms with Gasteiger partial charge in [-0.1, -0.05) is 89.9 Å². The first-order chi connectivity index (χ1) is 25.8. The van der Waals surface area contributed by atoms with Gasteiger partial charge in [-0.25, -0.2) is 14.4 Å². The third-order valence-electron chi connectivity index (χ3n) is 8.60. The van der Waals surface area contributed by atoms with E-state index in [1.54, 1.807) is 65.8 Å². The van der Waals surface area contributed by atoms with Crippen molar-refractivity contribution in [2.75, 3.05) is 0 Å². The van der Waals surface area contributed by atoms with Crippen molar-refractivity contribution in [3.05, 3.63) is 112 Å². The second kappa shape index (κ2) is 18.2. The van der Waals surface area contributed by atoms with Crippen molar-refractivity contribution < 1.29 is 42.9 Å². The molecule has 11 nitrogen and oxygen atoms in total. The van der Waals surface area contributed by atoms with Gasteiger partial charge in [-0.05, 0) is 90.5 Å². The average molecular weight is 796 g/mol. The summed E-state index contributed by atoms with van der Waals surface area (Å²) >= 11 is 13.1. The van der Waals surface area contributed by atoms with Crippen molar-refractivity contribution >= 4 is 52.9 Å².